The minimum absolute atomic E-state index is 0.556. The molecule has 1 fully saturated rings. The van der Waals surface area contributed by atoms with E-state index in [9.17, 15) is 24.3 Å². The Kier molecular flexibility index (Phi) is 5.04. The number of aliphatic carboxylic acids is 1. The van der Waals surface area contributed by atoms with Gasteiger partial charge in [0.1, 0.15) is 12.1 Å². The van der Waals surface area contributed by atoms with Crippen LogP contribution in [0.5, 0.6) is 0 Å². The Hall–Kier alpha value is -2.94. The van der Waals surface area contributed by atoms with E-state index in [0.29, 0.717) is 5.56 Å². The van der Waals surface area contributed by atoms with Crippen molar-refractivity contribution in [2.45, 2.75) is 31.9 Å². The zero-order valence-corrected chi connectivity index (χ0v) is 14.7. The number of benzene rings is 1. The van der Waals surface area contributed by atoms with Crippen LogP contribution in [0.15, 0.2) is 24.3 Å². The molecule has 4 N–H and O–H groups in total. The first-order valence-electron chi connectivity index (χ1n) is 7.91. The van der Waals surface area contributed by atoms with Crippen molar-refractivity contribution in [3.63, 3.8) is 0 Å². The van der Waals surface area contributed by atoms with E-state index in [1.807, 2.05) is 19.1 Å². The van der Waals surface area contributed by atoms with Crippen molar-refractivity contribution in [2.24, 2.45) is 0 Å². The van der Waals surface area contributed by atoms with Crippen molar-refractivity contribution in [3.8, 4) is 0 Å². The highest BCUT2D eigenvalue weighted by Crippen LogP contribution is 2.28. The predicted octanol–water partition coefficient (Wildman–Crippen LogP) is -0.286. The Morgan fingerprint density at radius 3 is 2.38 bits per heavy atom. The van der Waals surface area contributed by atoms with Crippen LogP contribution < -0.4 is 10.6 Å². The maximum Gasteiger partial charge on any atom is 0.337 e. The van der Waals surface area contributed by atoms with Crippen LogP contribution in [0.3, 0.4) is 0 Å². The minimum Gasteiger partial charge on any atom is -0.479 e. The van der Waals surface area contributed by atoms with Gasteiger partial charge in [-0.3, -0.25) is 14.5 Å². The van der Waals surface area contributed by atoms with Gasteiger partial charge in [-0.25, -0.2) is 9.59 Å². The second-order valence-electron chi connectivity index (χ2n) is 6.67. The van der Waals surface area contributed by atoms with E-state index < -0.39 is 48.0 Å². The molecule has 2 rings (SSSR count). The normalized spacial score (nSPS) is 21.9. The molecule has 0 bridgehead atoms. The molecule has 0 saturated carbocycles. The van der Waals surface area contributed by atoms with E-state index in [1.54, 1.807) is 19.1 Å². The molecule has 2 atom stereocenters. The number of nitrogens with one attached hydrogen (secondary N) is 2. The van der Waals surface area contributed by atoms with Gasteiger partial charge in [0, 0.05) is 0 Å². The summed E-state index contributed by atoms with van der Waals surface area (Å²) in [6, 6.07) is 6.34. The molecule has 1 saturated heterocycles. The number of carboxylic acids is 1. The number of nitrogens with zero attached hydrogens (tertiary/aromatic N) is 1. The molecule has 9 heteroatoms. The number of aryl methyl sites for hydroxylation is 1. The Morgan fingerprint density at radius 2 is 1.85 bits per heavy atom. The zero-order valence-electron chi connectivity index (χ0n) is 14.7. The molecule has 1 aliphatic rings. The van der Waals surface area contributed by atoms with Gasteiger partial charge in [0.2, 0.25) is 5.91 Å². The van der Waals surface area contributed by atoms with Crippen molar-refractivity contribution < 1.29 is 29.4 Å². The molecule has 0 aliphatic carbocycles. The Labute approximate surface area is 150 Å². The van der Waals surface area contributed by atoms with Crippen molar-refractivity contribution in [2.75, 3.05) is 13.1 Å². The van der Waals surface area contributed by atoms with Gasteiger partial charge in [0.25, 0.3) is 5.91 Å². The molecular weight excluding hydrogens is 342 g/mol. The van der Waals surface area contributed by atoms with E-state index in [0.717, 1.165) is 17.4 Å². The lowest BCUT2D eigenvalue weighted by molar-refractivity contribution is -0.156. The van der Waals surface area contributed by atoms with Gasteiger partial charge < -0.3 is 20.8 Å². The predicted molar refractivity (Wildman–Crippen MR) is 90.0 cm³/mol. The number of amides is 4. The standard InChI is InChI=1S/C17H21N3O6/c1-10-4-6-11(7-5-10)17(3)13(22)20(15(25)19-17)8-12(21)18-9-16(2,26)14(23)24/h4-7,26H,8-9H2,1-3H3,(H,18,21)(H,19,25)(H,23,24). The number of carbonyl (C=O) groups is 4. The summed E-state index contributed by atoms with van der Waals surface area (Å²) in [6.45, 7) is 3.33. The molecule has 1 heterocycles. The number of hydrogen-bond acceptors (Lipinski definition) is 5. The summed E-state index contributed by atoms with van der Waals surface area (Å²) < 4.78 is 0. The van der Waals surface area contributed by atoms with Crippen LogP contribution in [0.4, 0.5) is 4.79 Å². The van der Waals surface area contributed by atoms with Crippen LogP contribution in [-0.2, 0) is 19.9 Å². The molecule has 0 radical (unpaired) electrons. The Bertz CT molecular complexity index is 758. The summed E-state index contributed by atoms with van der Waals surface area (Å²) in [7, 11) is 0. The zero-order chi connectivity index (χ0) is 19.7. The largest absolute Gasteiger partial charge is 0.479 e. The first-order chi connectivity index (χ1) is 12.0. The number of aliphatic hydroxyl groups is 1. The van der Waals surface area contributed by atoms with Gasteiger partial charge in [-0.05, 0) is 26.3 Å². The van der Waals surface area contributed by atoms with E-state index in [1.165, 1.54) is 0 Å². The molecule has 1 aliphatic heterocycles. The van der Waals surface area contributed by atoms with Crippen LogP contribution in [0.2, 0.25) is 0 Å². The van der Waals surface area contributed by atoms with Gasteiger partial charge >= 0.3 is 12.0 Å². The van der Waals surface area contributed by atoms with Gasteiger partial charge in [-0.15, -0.1) is 0 Å². The number of imide groups is 1. The average molecular weight is 363 g/mol. The summed E-state index contributed by atoms with van der Waals surface area (Å²) in [5.74, 6) is -2.85. The van der Waals surface area contributed by atoms with Gasteiger partial charge in [-0.1, -0.05) is 29.8 Å². The molecule has 0 aromatic heterocycles. The second kappa shape index (κ2) is 6.75. The fourth-order valence-electron chi connectivity index (χ4n) is 2.47. The highest BCUT2D eigenvalue weighted by Gasteiger charge is 2.49. The number of carboxylic acid groups (broad SMARTS) is 1. The van der Waals surface area contributed by atoms with Gasteiger partial charge in [-0.2, -0.15) is 0 Å². The monoisotopic (exact) mass is 363 g/mol. The molecule has 140 valence electrons. The molecule has 26 heavy (non-hydrogen) atoms. The third-order valence-corrected chi connectivity index (χ3v) is 4.30. The van der Waals surface area contributed by atoms with Crippen molar-refractivity contribution in [1.29, 1.82) is 0 Å². The van der Waals surface area contributed by atoms with E-state index in [-0.39, 0.29) is 0 Å². The van der Waals surface area contributed by atoms with Crippen molar-refractivity contribution >= 4 is 23.8 Å². The summed E-state index contributed by atoms with van der Waals surface area (Å²) in [6.07, 6.45) is 0. The number of carbonyl (C=O) groups excluding carboxylic acids is 3. The van der Waals surface area contributed by atoms with Crippen LogP contribution in [-0.4, -0.2) is 57.6 Å². The summed E-state index contributed by atoms with van der Waals surface area (Å²) in [5, 5.41) is 23.2. The Morgan fingerprint density at radius 1 is 1.27 bits per heavy atom. The van der Waals surface area contributed by atoms with Crippen molar-refractivity contribution in [1.82, 2.24) is 15.5 Å². The lowest BCUT2D eigenvalue weighted by Crippen LogP contribution is -2.49. The molecule has 0 spiro atoms. The van der Waals surface area contributed by atoms with Crippen LogP contribution >= 0.6 is 0 Å². The summed E-state index contributed by atoms with van der Waals surface area (Å²) in [5.41, 5.74) is -1.87. The lowest BCUT2D eigenvalue weighted by Gasteiger charge is -2.22. The molecule has 1 aromatic carbocycles. The SMILES string of the molecule is Cc1ccc(C2(C)NC(=O)N(CC(=O)NCC(C)(O)C(=O)O)C2=O)cc1. The van der Waals surface area contributed by atoms with E-state index >= 15 is 0 Å². The van der Waals surface area contributed by atoms with Crippen LogP contribution in [0.1, 0.15) is 25.0 Å². The second-order valence-corrected chi connectivity index (χ2v) is 6.67. The van der Waals surface area contributed by atoms with Crippen molar-refractivity contribution in [3.05, 3.63) is 35.4 Å². The highest BCUT2D eigenvalue weighted by atomic mass is 16.4. The first-order valence-corrected chi connectivity index (χ1v) is 7.91. The summed E-state index contributed by atoms with van der Waals surface area (Å²) >= 11 is 0. The fourth-order valence-corrected chi connectivity index (χ4v) is 2.47. The number of urea groups is 1. The average Bonchev–Trinajstić information content (AvgIpc) is 2.77. The maximum atomic E-state index is 12.7. The van der Waals surface area contributed by atoms with Crippen LogP contribution in [0.25, 0.3) is 0 Å². The quantitative estimate of drug-likeness (QED) is 0.513. The maximum absolute atomic E-state index is 12.7. The molecule has 1 aromatic rings. The van der Waals surface area contributed by atoms with E-state index in [2.05, 4.69) is 10.6 Å². The van der Waals surface area contributed by atoms with Crippen LogP contribution in [0, 0.1) is 6.92 Å². The smallest absolute Gasteiger partial charge is 0.337 e. The lowest BCUT2D eigenvalue weighted by atomic mass is 9.91. The molecule has 2 unspecified atom stereocenters. The fraction of sp³-hybridized carbons (Fsp3) is 0.412. The molecular formula is C17H21N3O6. The summed E-state index contributed by atoms with van der Waals surface area (Å²) in [4.78, 5) is 48.4. The minimum atomic E-state index is -2.15. The highest BCUT2D eigenvalue weighted by molar-refractivity contribution is 6.09. The van der Waals surface area contributed by atoms with E-state index in [4.69, 9.17) is 5.11 Å². The van der Waals surface area contributed by atoms with Gasteiger partial charge in [0.05, 0.1) is 6.54 Å². The molecule has 9 nitrogen and oxygen atoms in total. The molecule has 4 amide bonds. The third kappa shape index (κ3) is 3.67. The first kappa shape index (κ1) is 19.4. The number of hydrogen-bond donors (Lipinski definition) is 4. The van der Waals surface area contributed by atoms with Gasteiger partial charge in [0.15, 0.2) is 5.60 Å². The third-order valence-electron chi connectivity index (χ3n) is 4.30. The topological polar surface area (TPSA) is 136 Å². The Balaban J connectivity index is 2.08. The number of rotatable bonds is 6.